The zero-order valence-corrected chi connectivity index (χ0v) is 11.1. The van der Waals surface area contributed by atoms with Crippen molar-refractivity contribution in [3.05, 3.63) is 59.4 Å². The maximum atomic E-state index is 5.79. The summed E-state index contributed by atoms with van der Waals surface area (Å²) in [5.41, 5.74) is 3.75. The van der Waals surface area contributed by atoms with Gasteiger partial charge in [0.15, 0.2) is 0 Å². The lowest BCUT2D eigenvalue weighted by Gasteiger charge is -2.28. The van der Waals surface area contributed by atoms with Crippen molar-refractivity contribution in [3.63, 3.8) is 0 Å². The second kappa shape index (κ2) is 5.41. The molecule has 0 fully saturated rings. The van der Waals surface area contributed by atoms with E-state index in [9.17, 15) is 0 Å². The molecule has 3 rings (SSSR count). The highest BCUT2D eigenvalue weighted by molar-refractivity contribution is 5.43. The highest BCUT2D eigenvalue weighted by atomic mass is 16.5. The molecule has 0 bridgehead atoms. The summed E-state index contributed by atoms with van der Waals surface area (Å²) < 4.78 is 5.79. The maximum absolute atomic E-state index is 5.79. The minimum Gasteiger partial charge on any atom is -0.493 e. The van der Waals surface area contributed by atoms with E-state index in [0.717, 1.165) is 25.3 Å². The summed E-state index contributed by atoms with van der Waals surface area (Å²) in [6.45, 7) is 3.75. The number of pyridine rings is 1. The van der Waals surface area contributed by atoms with Gasteiger partial charge in [0.25, 0.3) is 0 Å². The number of aryl methyl sites for hydroxylation is 1. The largest absolute Gasteiger partial charge is 0.493 e. The highest BCUT2D eigenvalue weighted by Gasteiger charge is 2.21. The molecule has 0 saturated heterocycles. The fourth-order valence-electron chi connectivity index (χ4n) is 2.53. The normalized spacial score (nSPS) is 17.6. The Labute approximate surface area is 113 Å². The van der Waals surface area contributed by atoms with Gasteiger partial charge in [0.2, 0.25) is 0 Å². The van der Waals surface area contributed by atoms with Gasteiger partial charge >= 0.3 is 0 Å². The molecule has 2 aromatic rings. The average molecular weight is 254 g/mol. The van der Waals surface area contributed by atoms with Crippen LogP contribution < -0.4 is 10.1 Å². The SMILES string of the molecule is Cc1cccc2c1OCCC2NCc1ccncc1. The quantitative estimate of drug-likeness (QED) is 0.914. The number of rotatable bonds is 3. The van der Waals surface area contributed by atoms with Crippen molar-refractivity contribution in [3.8, 4) is 5.75 Å². The van der Waals surface area contributed by atoms with Crippen LogP contribution in [-0.2, 0) is 6.54 Å². The molecule has 3 nitrogen and oxygen atoms in total. The third kappa shape index (κ3) is 2.61. The van der Waals surface area contributed by atoms with Crippen LogP contribution in [0.4, 0.5) is 0 Å². The molecule has 0 radical (unpaired) electrons. The molecule has 1 unspecified atom stereocenters. The number of nitrogens with one attached hydrogen (secondary N) is 1. The maximum Gasteiger partial charge on any atom is 0.126 e. The Hall–Kier alpha value is -1.87. The molecule has 0 saturated carbocycles. The molecule has 0 spiro atoms. The molecular weight excluding hydrogens is 236 g/mol. The van der Waals surface area contributed by atoms with Crippen molar-refractivity contribution in [1.29, 1.82) is 0 Å². The van der Waals surface area contributed by atoms with Gasteiger partial charge in [-0.3, -0.25) is 4.98 Å². The van der Waals surface area contributed by atoms with Gasteiger partial charge < -0.3 is 10.1 Å². The number of benzene rings is 1. The van der Waals surface area contributed by atoms with Gasteiger partial charge in [0.1, 0.15) is 5.75 Å². The van der Waals surface area contributed by atoms with Crippen LogP contribution in [0.3, 0.4) is 0 Å². The molecule has 1 aromatic carbocycles. The summed E-state index contributed by atoms with van der Waals surface area (Å²) >= 11 is 0. The fraction of sp³-hybridized carbons (Fsp3) is 0.312. The van der Waals surface area contributed by atoms with Crippen LogP contribution in [0.15, 0.2) is 42.7 Å². The lowest BCUT2D eigenvalue weighted by molar-refractivity contribution is 0.250. The molecule has 3 heteroatoms. The molecule has 1 aliphatic heterocycles. The number of nitrogens with zero attached hydrogens (tertiary/aromatic N) is 1. The molecule has 1 N–H and O–H groups in total. The number of hydrogen-bond acceptors (Lipinski definition) is 3. The zero-order chi connectivity index (χ0) is 13.1. The van der Waals surface area contributed by atoms with Crippen molar-refractivity contribution >= 4 is 0 Å². The lowest BCUT2D eigenvalue weighted by atomic mass is 9.98. The minimum atomic E-state index is 0.372. The number of ether oxygens (including phenoxy) is 1. The van der Waals surface area contributed by atoms with Crippen molar-refractivity contribution in [2.75, 3.05) is 6.61 Å². The molecule has 1 aliphatic rings. The predicted octanol–water partition coefficient (Wildman–Crippen LogP) is 3.00. The summed E-state index contributed by atoms with van der Waals surface area (Å²) in [5, 5.41) is 3.61. The monoisotopic (exact) mass is 254 g/mol. The molecule has 19 heavy (non-hydrogen) atoms. The van der Waals surface area contributed by atoms with Crippen LogP contribution >= 0.6 is 0 Å². The van der Waals surface area contributed by atoms with Gasteiger partial charge in [-0.05, 0) is 30.2 Å². The number of hydrogen-bond donors (Lipinski definition) is 1. The van der Waals surface area contributed by atoms with E-state index in [4.69, 9.17) is 4.74 Å². The van der Waals surface area contributed by atoms with E-state index >= 15 is 0 Å². The Bertz CT molecular complexity index is 554. The van der Waals surface area contributed by atoms with Crippen molar-refractivity contribution in [2.45, 2.75) is 25.9 Å². The van der Waals surface area contributed by atoms with Crippen LogP contribution in [0.1, 0.15) is 29.2 Å². The van der Waals surface area contributed by atoms with Gasteiger partial charge in [-0.1, -0.05) is 18.2 Å². The first-order chi connectivity index (χ1) is 9.34. The van der Waals surface area contributed by atoms with Gasteiger partial charge in [0, 0.05) is 37.0 Å². The fourth-order valence-corrected chi connectivity index (χ4v) is 2.53. The van der Waals surface area contributed by atoms with Gasteiger partial charge in [0.05, 0.1) is 6.61 Å². The Morgan fingerprint density at radius 1 is 1.26 bits per heavy atom. The van der Waals surface area contributed by atoms with Crippen LogP contribution in [0.2, 0.25) is 0 Å². The molecule has 98 valence electrons. The molecule has 0 aliphatic carbocycles. The lowest BCUT2D eigenvalue weighted by Crippen LogP contribution is -2.27. The van der Waals surface area contributed by atoms with Crippen LogP contribution in [0.25, 0.3) is 0 Å². The molecule has 2 heterocycles. The summed E-state index contributed by atoms with van der Waals surface area (Å²) in [6.07, 6.45) is 4.68. The van der Waals surface area contributed by atoms with E-state index < -0.39 is 0 Å². The second-order valence-corrected chi connectivity index (χ2v) is 4.92. The Balaban J connectivity index is 1.75. The molecule has 1 atom stereocenters. The van der Waals surface area contributed by atoms with E-state index in [1.54, 1.807) is 0 Å². The van der Waals surface area contributed by atoms with Crippen LogP contribution in [-0.4, -0.2) is 11.6 Å². The highest BCUT2D eigenvalue weighted by Crippen LogP contribution is 2.34. The first-order valence-corrected chi connectivity index (χ1v) is 6.69. The molecule has 0 amide bonds. The van der Waals surface area contributed by atoms with E-state index in [-0.39, 0.29) is 0 Å². The zero-order valence-electron chi connectivity index (χ0n) is 11.1. The van der Waals surface area contributed by atoms with Gasteiger partial charge in [-0.25, -0.2) is 0 Å². The third-order valence-corrected chi connectivity index (χ3v) is 3.57. The van der Waals surface area contributed by atoms with Gasteiger partial charge in [-0.15, -0.1) is 0 Å². The summed E-state index contributed by atoms with van der Waals surface area (Å²) in [5.74, 6) is 1.06. The van der Waals surface area contributed by atoms with E-state index in [1.165, 1.54) is 16.7 Å². The first-order valence-electron chi connectivity index (χ1n) is 6.69. The summed E-state index contributed by atoms with van der Waals surface area (Å²) in [6, 6.07) is 10.8. The molecular formula is C16H18N2O. The summed E-state index contributed by atoms with van der Waals surface area (Å²) in [7, 11) is 0. The van der Waals surface area contributed by atoms with Crippen molar-refractivity contribution in [1.82, 2.24) is 10.3 Å². The van der Waals surface area contributed by atoms with E-state index in [1.807, 2.05) is 24.5 Å². The predicted molar refractivity (Wildman–Crippen MR) is 75.1 cm³/mol. The number of para-hydroxylation sites is 1. The number of aromatic nitrogens is 1. The Kier molecular flexibility index (Phi) is 3.47. The van der Waals surface area contributed by atoms with Crippen LogP contribution in [0, 0.1) is 6.92 Å². The Morgan fingerprint density at radius 3 is 2.95 bits per heavy atom. The Morgan fingerprint density at radius 2 is 2.11 bits per heavy atom. The minimum absolute atomic E-state index is 0.372. The van der Waals surface area contributed by atoms with E-state index in [0.29, 0.717) is 6.04 Å². The van der Waals surface area contributed by atoms with Crippen molar-refractivity contribution < 1.29 is 4.74 Å². The van der Waals surface area contributed by atoms with E-state index in [2.05, 4.69) is 35.4 Å². The standard InChI is InChI=1S/C16H18N2O/c1-12-3-2-4-14-15(7-10-19-16(12)14)18-11-13-5-8-17-9-6-13/h2-6,8-9,15,18H,7,10-11H2,1H3. The third-order valence-electron chi connectivity index (χ3n) is 3.57. The second-order valence-electron chi connectivity index (χ2n) is 4.92. The topological polar surface area (TPSA) is 34.1 Å². The van der Waals surface area contributed by atoms with Crippen molar-refractivity contribution in [2.24, 2.45) is 0 Å². The van der Waals surface area contributed by atoms with Gasteiger partial charge in [-0.2, -0.15) is 0 Å². The molecule has 1 aromatic heterocycles. The summed E-state index contributed by atoms with van der Waals surface area (Å²) in [4.78, 5) is 4.04. The smallest absolute Gasteiger partial charge is 0.126 e. The first kappa shape index (κ1) is 12.2. The number of fused-ring (bicyclic) bond motifs is 1. The van der Waals surface area contributed by atoms with Crippen LogP contribution in [0.5, 0.6) is 5.75 Å². The average Bonchev–Trinajstić information content (AvgIpc) is 2.47.